The molecule has 6 heteroatoms. The quantitative estimate of drug-likeness (QED) is 0.644. The Kier molecular flexibility index (Phi) is 5.76. The first-order valence-electron chi connectivity index (χ1n) is 6.85. The molecule has 2 rings (SSSR count). The third kappa shape index (κ3) is 3.71. The molecule has 0 aromatic heterocycles. The van der Waals surface area contributed by atoms with Gasteiger partial charge in [-0.15, -0.1) is 11.8 Å². The summed E-state index contributed by atoms with van der Waals surface area (Å²) >= 11 is 1.54. The maximum atomic E-state index is 12.0. The predicted octanol–water partition coefficient (Wildman–Crippen LogP) is 3.49. The van der Waals surface area contributed by atoms with E-state index in [4.69, 9.17) is 14.2 Å². The lowest BCUT2D eigenvalue weighted by molar-refractivity contribution is 0.0595. The van der Waals surface area contributed by atoms with Crippen molar-refractivity contribution in [1.82, 2.24) is 0 Å². The lowest BCUT2D eigenvalue weighted by Crippen LogP contribution is -2.07. The van der Waals surface area contributed by atoms with Gasteiger partial charge in [-0.3, -0.25) is 0 Å². The van der Waals surface area contributed by atoms with E-state index in [1.165, 1.54) is 21.3 Å². The Morgan fingerprint density at radius 3 is 2.39 bits per heavy atom. The molecule has 0 aliphatic carbocycles. The molecule has 2 aromatic carbocycles. The van der Waals surface area contributed by atoms with E-state index in [9.17, 15) is 9.90 Å². The van der Waals surface area contributed by atoms with Gasteiger partial charge in [0.25, 0.3) is 0 Å². The highest BCUT2D eigenvalue weighted by atomic mass is 32.2. The van der Waals surface area contributed by atoms with Crippen LogP contribution in [-0.4, -0.2) is 32.4 Å². The van der Waals surface area contributed by atoms with E-state index < -0.39 is 5.97 Å². The average Bonchev–Trinajstić information content (AvgIpc) is 2.59. The standard InChI is InChI=1S/C17H18O5S/c1-20-13-9-11(10-23-12-7-5-4-6-8-12)14(17(19)22-3)15(18)16(13)21-2/h4-9,18H,10H2,1-3H3. The molecule has 0 bridgehead atoms. The van der Waals surface area contributed by atoms with Crippen LogP contribution >= 0.6 is 11.8 Å². The smallest absolute Gasteiger partial charge is 0.342 e. The van der Waals surface area contributed by atoms with Crippen LogP contribution in [0, 0.1) is 0 Å². The van der Waals surface area contributed by atoms with E-state index >= 15 is 0 Å². The van der Waals surface area contributed by atoms with Gasteiger partial charge in [-0.05, 0) is 23.8 Å². The summed E-state index contributed by atoms with van der Waals surface area (Å²) in [5.74, 6) is 0.0553. The molecule has 5 nitrogen and oxygen atoms in total. The van der Waals surface area contributed by atoms with Gasteiger partial charge in [0.2, 0.25) is 5.75 Å². The van der Waals surface area contributed by atoms with Crippen LogP contribution in [0.1, 0.15) is 15.9 Å². The van der Waals surface area contributed by atoms with Gasteiger partial charge in [0, 0.05) is 10.6 Å². The van der Waals surface area contributed by atoms with Gasteiger partial charge in [-0.2, -0.15) is 0 Å². The maximum absolute atomic E-state index is 12.0. The SMILES string of the molecule is COC(=O)c1c(CSc2ccccc2)cc(OC)c(OC)c1O. The van der Waals surface area contributed by atoms with Crippen LogP contribution in [0.5, 0.6) is 17.2 Å². The molecule has 0 unspecified atom stereocenters. The van der Waals surface area contributed by atoms with Gasteiger partial charge >= 0.3 is 5.97 Å². The second-order valence-corrected chi connectivity index (χ2v) is 5.64. The molecule has 1 N–H and O–H groups in total. The summed E-state index contributed by atoms with van der Waals surface area (Å²) in [6.07, 6.45) is 0. The van der Waals surface area contributed by atoms with Gasteiger partial charge in [-0.1, -0.05) is 18.2 Å². The molecule has 0 atom stereocenters. The fourth-order valence-corrected chi connectivity index (χ4v) is 3.05. The molecule has 0 aliphatic heterocycles. The molecule has 0 saturated heterocycles. The Morgan fingerprint density at radius 1 is 1.13 bits per heavy atom. The van der Waals surface area contributed by atoms with Gasteiger partial charge in [-0.25, -0.2) is 4.79 Å². The summed E-state index contributed by atoms with van der Waals surface area (Å²) in [5, 5.41) is 10.4. The fourth-order valence-electron chi connectivity index (χ4n) is 2.15. The summed E-state index contributed by atoms with van der Waals surface area (Å²) in [5.41, 5.74) is 0.703. The van der Waals surface area contributed by atoms with E-state index in [2.05, 4.69) is 0 Å². The van der Waals surface area contributed by atoms with Gasteiger partial charge in [0.05, 0.1) is 21.3 Å². The van der Waals surface area contributed by atoms with Crippen molar-refractivity contribution in [1.29, 1.82) is 0 Å². The molecule has 0 heterocycles. The van der Waals surface area contributed by atoms with Crippen LogP contribution in [0.2, 0.25) is 0 Å². The first-order chi connectivity index (χ1) is 11.1. The minimum absolute atomic E-state index is 0.0913. The zero-order valence-corrected chi connectivity index (χ0v) is 14.0. The number of esters is 1. The number of phenols is 1. The lowest BCUT2D eigenvalue weighted by atomic mass is 10.1. The largest absolute Gasteiger partial charge is 0.504 e. The van der Waals surface area contributed by atoms with Crippen LogP contribution in [0.3, 0.4) is 0 Å². The topological polar surface area (TPSA) is 65.0 Å². The number of methoxy groups -OCH3 is 3. The Balaban J connectivity index is 2.43. The van der Waals surface area contributed by atoms with E-state index in [0.717, 1.165) is 4.90 Å². The molecule has 0 fully saturated rings. The Bertz CT molecular complexity index is 685. The van der Waals surface area contributed by atoms with Crippen molar-refractivity contribution in [2.45, 2.75) is 10.6 Å². The molecular weight excluding hydrogens is 316 g/mol. The van der Waals surface area contributed by atoms with E-state index in [0.29, 0.717) is 17.1 Å². The van der Waals surface area contributed by atoms with Crippen LogP contribution in [0.4, 0.5) is 0 Å². The van der Waals surface area contributed by atoms with Crippen molar-refractivity contribution in [3.63, 3.8) is 0 Å². The van der Waals surface area contributed by atoms with Crippen LogP contribution in [0.15, 0.2) is 41.3 Å². The summed E-state index contributed by atoms with van der Waals surface area (Å²) < 4.78 is 15.1. The minimum atomic E-state index is -0.618. The number of benzene rings is 2. The van der Waals surface area contributed by atoms with Crippen molar-refractivity contribution in [3.05, 3.63) is 47.5 Å². The molecule has 0 spiro atoms. The zero-order valence-electron chi connectivity index (χ0n) is 13.2. The number of carbonyl (C=O) groups is 1. The second kappa shape index (κ2) is 7.78. The van der Waals surface area contributed by atoms with E-state index in [1.807, 2.05) is 30.3 Å². The summed E-state index contributed by atoms with van der Waals surface area (Å²) in [4.78, 5) is 13.1. The predicted molar refractivity (Wildman–Crippen MR) is 88.6 cm³/mol. The average molecular weight is 334 g/mol. The van der Waals surface area contributed by atoms with Crippen molar-refractivity contribution in [2.24, 2.45) is 0 Å². The molecular formula is C17H18O5S. The Morgan fingerprint density at radius 2 is 1.83 bits per heavy atom. The maximum Gasteiger partial charge on any atom is 0.342 e. The van der Waals surface area contributed by atoms with Crippen LogP contribution < -0.4 is 9.47 Å². The number of carbonyl (C=O) groups excluding carboxylic acids is 1. The normalized spacial score (nSPS) is 10.2. The van der Waals surface area contributed by atoms with Crippen molar-refractivity contribution in [2.75, 3.05) is 21.3 Å². The number of thioether (sulfide) groups is 1. The number of rotatable bonds is 6. The number of phenolic OH excluding ortho intramolecular Hbond substituents is 1. The minimum Gasteiger partial charge on any atom is -0.504 e. The monoisotopic (exact) mass is 334 g/mol. The number of ether oxygens (including phenoxy) is 3. The third-order valence-corrected chi connectivity index (χ3v) is 4.31. The van der Waals surface area contributed by atoms with Crippen molar-refractivity contribution in [3.8, 4) is 17.2 Å². The number of aromatic hydroxyl groups is 1. The highest BCUT2D eigenvalue weighted by molar-refractivity contribution is 7.98. The van der Waals surface area contributed by atoms with Crippen LogP contribution in [0.25, 0.3) is 0 Å². The second-order valence-electron chi connectivity index (χ2n) is 4.59. The summed E-state index contributed by atoms with van der Waals surface area (Å²) in [7, 11) is 4.15. The highest BCUT2D eigenvalue weighted by Crippen LogP contribution is 2.42. The molecule has 0 saturated carbocycles. The molecule has 122 valence electrons. The van der Waals surface area contributed by atoms with Crippen LogP contribution in [-0.2, 0) is 10.5 Å². The summed E-state index contributed by atoms with van der Waals surface area (Å²) in [6, 6.07) is 11.4. The van der Waals surface area contributed by atoms with E-state index in [-0.39, 0.29) is 17.1 Å². The Hall–Kier alpha value is -2.34. The molecule has 23 heavy (non-hydrogen) atoms. The number of hydrogen-bond donors (Lipinski definition) is 1. The van der Waals surface area contributed by atoms with Crippen molar-refractivity contribution >= 4 is 17.7 Å². The van der Waals surface area contributed by atoms with Crippen molar-refractivity contribution < 1.29 is 24.1 Å². The van der Waals surface area contributed by atoms with Gasteiger partial charge in [0.15, 0.2) is 11.5 Å². The van der Waals surface area contributed by atoms with Gasteiger partial charge < -0.3 is 19.3 Å². The third-order valence-electron chi connectivity index (χ3n) is 3.25. The molecule has 0 amide bonds. The highest BCUT2D eigenvalue weighted by Gasteiger charge is 2.24. The van der Waals surface area contributed by atoms with E-state index in [1.54, 1.807) is 17.8 Å². The summed E-state index contributed by atoms with van der Waals surface area (Å²) in [6.45, 7) is 0. The number of hydrogen-bond acceptors (Lipinski definition) is 6. The first-order valence-corrected chi connectivity index (χ1v) is 7.83. The lowest BCUT2D eigenvalue weighted by Gasteiger charge is -2.16. The first kappa shape index (κ1) is 17.0. The zero-order chi connectivity index (χ0) is 16.8. The molecule has 2 aromatic rings. The molecule has 0 aliphatic rings. The molecule has 0 radical (unpaired) electrons. The van der Waals surface area contributed by atoms with Gasteiger partial charge in [0.1, 0.15) is 5.56 Å². The Labute approximate surface area is 139 Å². The fraction of sp³-hybridized carbons (Fsp3) is 0.235.